The second-order valence-corrected chi connectivity index (χ2v) is 8.15. The van der Waals surface area contributed by atoms with Crippen LogP contribution in [0.2, 0.25) is 0 Å². The summed E-state index contributed by atoms with van der Waals surface area (Å²) in [5.41, 5.74) is 0.618. The molecule has 1 rings (SSSR count). The number of benzene rings is 1. The summed E-state index contributed by atoms with van der Waals surface area (Å²) >= 11 is -1.28. The van der Waals surface area contributed by atoms with Gasteiger partial charge in [0.1, 0.15) is 16.4 Å². The Morgan fingerprint density at radius 1 is 1.19 bits per heavy atom. The van der Waals surface area contributed by atoms with Crippen LogP contribution in [0.25, 0.3) is 0 Å². The highest BCUT2D eigenvalue weighted by Crippen LogP contribution is 2.26. The first-order valence-corrected chi connectivity index (χ1v) is 8.51. The molecule has 2 nitrogen and oxygen atoms in total. The van der Waals surface area contributed by atoms with E-state index < -0.39 is 27.7 Å². The molecular weight excluding hydrogens is 292 g/mol. The van der Waals surface area contributed by atoms with E-state index in [-0.39, 0.29) is 11.6 Å². The Hall–Kier alpha value is -0.650. The Kier molecular flexibility index (Phi) is 6.63. The normalized spacial score (nSPS) is 15.0. The van der Waals surface area contributed by atoms with Crippen molar-refractivity contribution in [1.29, 1.82) is 0 Å². The second-order valence-electron chi connectivity index (χ2n) is 6.16. The van der Waals surface area contributed by atoms with Crippen LogP contribution >= 0.6 is 0 Å². The molecule has 0 fully saturated rings. The molecule has 0 aliphatic heterocycles. The maximum atomic E-state index is 13.9. The van der Waals surface area contributed by atoms with Crippen LogP contribution in [0.5, 0.6) is 0 Å². The van der Waals surface area contributed by atoms with Crippen LogP contribution in [-0.2, 0) is 17.8 Å². The number of hydrogen-bond donors (Lipinski definition) is 1. The lowest BCUT2D eigenvalue weighted by Gasteiger charge is -2.28. The maximum Gasteiger partial charge on any atom is 0.136 e. The van der Waals surface area contributed by atoms with Gasteiger partial charge in [0, 0.05) is 16.9 Å². The van der Waals surface area contributed by atoms with Gasteiger partial charge in [-0.05, 0) is 51.3 Å². The molecule has 5 heteroatoms. The van der Waals surface area contributed by atoms with Gasteiger partial charge in [0.25, 0.3) is 0 Å². The van der Waals surface area contributed by atoms with Gasteiger partial charge < -0.3 is 4.55 Å². The minimum Gasteiger partial charge on any atom is -0.598 e. The van der Waals surface area contributed by atoms with E-state index in [0.717, 1.165) is 6.42 Å². The lowest BCUT2D eigenvalue weighted by molar-refractivity contribution is 0.501. The fourth-order valence-corrected chi connectivity index (χ4v) is 2.92. The monoisotopic (exact) mass is 317 g/mol. The van der Waals surface area contributed by atoms with Gasteiger partial charge in [-0.25, -0.2) is 8.78 Å². The van der Waals surface area contributed by atoms with E-state index >= 15 is 0 Å². The molecule has 0 saturated carbocycles. The summed E-state index contributed by atoms with van der Waals surface area (Å²) in [6, 6.07) is 2.40. The van der Waals surface area contributed by atoms with Crippen LogP contribution in [0, 0.1) is 11.6 Å². The molecule has 1 N–H and O–H groups in total. The van der Waals surface area contributed by atoms with E-state index in [1.165, 1.54) is 12.1 Å². The molecule has 0 heterocycles. The standard InChI is InChI=1S/C16H25F2NOS/c1-6-8-15(19-21(20)16(3,4)5)11-9-13(17)12(7-2)14(18)10-11/h9-10,15,19H,6-8H2,1-5H3. The molecule has 2 atom stereocenters. The molecule has 1 aromatic rings. The summed E-state index contributed by atoms with van der Waals surface area (Å²) in [5.74, 6) is -1.06. The van der Waals surface area contributed by atoms with Crippen molar-refractivity contribution in [2.24, 2.45) is 0 Å². The van der Waals surface area contributed by atoms with Gasteiger partial charge in [0.15, 0.2) is 0 Å². The molecule has 21 heavy (non-hydrogen) atoms. The van der Waals surface area contributed by atoms with E-state index in [1.807, 2.05) is 27.7 Å². The lowest BCUT2D eigenvalue weighted by Crippen LogP contribution is -2.41. The minimum absolute atomic E-state index is 0.103. The average molecular weight is 317 g/mol. The van der Waals surface area contributed by atoms with Crippen LogP contribution in [0.1, 0.15) is 64.6 Å². The SMILES string of the molecule is CCCC(N[S+]([O-])C(C)(C)C)c1cc(F)c(CC)c(F)c1. The van der Waals surface area contributed by atoms with Crippen molar-refractivity contribution < 1.29 is 13.3 Å². The molecule has 0 aliphatic rings. The van der Waals surface area contributed by atoms with Crippen molar-refractivity contribution in [2.75, 3.05) is 0 Å². The van der Waals surface area contributed by atoms with E-state index in [1.54, 1.807) is 6.92 Å². The van der Waals surface area contributed by atoms with Crippen molar-refractivity contribution in [3.05, 3.63) is 34.9 Å². The van der Waals surface area contributed by atoms with E-state index in [4.69, 9.17) is 0 Å². The number of halogens is 2. The Morgan fingerprint density at radius 2 is 1.71 bits per heavy atom. The summed E-state index contributed by atoms with van der Waals surface area (Å²) in [6.07, 6.45) is 1.82. The average Bonchev–Trinajstić information content (AvgIpc) is 2.36. The molecule has 0 aliphatic carbocycles. The zero-order chi connectivity index (χ0) is 16.2. The summed E-state index contributed by atoms with van der Waals surface area (Å²) in [6.45, 7) is 9.29. The first-order valence-electron chi connectivity index (χ1n) is 7.36. The zero-order valence-corrected chi connectivity index (χ0v) is 14.2. The van der Waals surface area contributed by atoms with Crippen LogP contribution in [0.3, 0.4) is 0 Å². The third-order valence-corrected chi connectivity index (χ3v) is 4.91. The highest BCUT2D eigenvalue weighted by atomic mass is 32.2. The van der Waals surface area contributed by atoms with Gasteiger partial charge >= 0.3 is 0 Å². The Bertz CT molecular complexity index is 451. The summed E-state index contributed by atoms with van der Waals surface area (Å²) < 4.78 is 42.7. The Morgan fingerprint density at radius 3 is 2.10 bits per heavy atom. The molecule has 120 valence electrons. The van der Waals surface area contributed by atoms with Crippen LogP contribution in [-0.4, -0.2) is 9.30 Å². The molecular formula is C16H25F2NOS. The quantitative estimate of drug-likeness (QED) is 0.788. The number of hydrogen-bond acceptors (Lipinski definition) is 2. The van der Waals surface area contributed by atoms with E-state index in [9.17, 15) is 13.3 Å². The fraction of sp³-hybridized carbons (Fsp3) is 0.625. The van der Waals surface area contributed by atoms with Crippen molar-refractivity contribution in [3.63, 3.8) is 0 Å². The molecule has 0 aromatic heterocycles. The van der Waals surface area contributed by atoms with E-state index in [0.29, 0.717) is 18.4 Å². The predicted octanol–water partition coefficient (Wildman–Crippen LogP) is 4.42. The molecule has 0 amide bonds. The fourth-order valence-electron chi connectivity index (χ4n) is 2.05. The van der Waals surface area contributed by atoms with Gasteiger partial charge in [-0.15, -0.1) is 4.72 Å². The molecule has 1 aromatic carbocycles. The van der Waals surface area contributed by atoms with Crippen LogP contribution < -0.4 is 4.72 Å². The lowest BCUT2D eigenvalue weighted by atomic mass is 10.00. The third-order valence-electron chi connectivity index (χ3n) is 3.30. The molecule has 0 bridgehead atoms. The van der Waals surface area contributed by atoms with E-state index in [2.05, 4.69) is 4.72 Å². The van der Waals surface area contributed by atoms with Crippen LogP contribution in [0.15, 0.2) is 12.1 Å². The van der Waals surface area contributed by atoms with Gasteiger partial charge in [0.05, 0.1) is 6.04 Å². The Labute approximate surface area is 129 Å². The number of nitrogens with one attached hydrogen (secondary N) is 1. The Balaban J connectivity index is 3.06. The van der Waals surface area contributed by atoms with Gasteiger partial charge in [0.2, 0.25) is 0 Å². The number of rotatable bonds is 6. The minimum atomic E-state index is -1.28. The van der Waals surface area contributed by atoms with Gasteiger partial charge in [-0.3, -0.25) is 0 Å². The smallest absolute Gasteiger partial charge is 0.136 e. The molecule has 0 spiro atoms. The van der Waals surface area contributed by atoms with Crippen molar-refractivity contribution in [2.45, 2.75) is 64.7 Å². The largest absolute Gasteiger partial charge is 0.598 e. The van der Waals surface area contributed by atoms with Crippen LogP contribution in [0.4, 0.5) is 8.78 Å². The zero-order valence-electron chi connectivity index (χ0n) is 13.4. The topological polar surface area (TPSA) is 35.1 Å². The first-order chi connectivity index (χ1) is 9.70. The van der Waals surface area contributed by atoms with Crippen molar-refractivity contribution in [1.82, 2.24) is 4.72 Å². The second kappa shape index (κ2) is 7.56. The maximum absolute atomic E-state index is 13.9. The molecule has 2 unspecified atom stereocenters. The van der Waals surface area contributed by atoms with Crippen molar-refractivity contribution >= 4 is 11.4 Å². The summed E-state index contributed by atoms with van der Waals surface area (Å²) in [4.78, 5) is 0. The predicted molar refractivity (Wildman–Crippen MR) is 84.4 cm³/mol. The highest BCUT2D eigenvalue weighted by Gasteiger charge is 2.30. The molecule has 0 radical (unpaired) electrons. The molecule has 0 saturated heterocycles. The highest BCUT2D eigenvalue weighted by molar-refractivity contribution is 7.90. The third kappa shape index (κ3) is 4.94. The van der Waals surface area contributed by atoms with Crippen molar-refractivity contribution in [3.8, 4) is 0 Å². The first kappa shape index (κ1) is 18.4. The summed E-state index contributed by atoms with van der Waals surface area (Å²) in [7, 11) is 0. The van der Waals surface area contributed by atoms with Gasteiger partial charge in [-0.1, -0.05) is 20.3 Å². The van der Waals surface area contributed by atoms with Gasteiger partial charge in [-0.2, -0.15) is 0 Å². The summed E-state index contributed by atoms with van der Waals surface area (Å²) in [5, 5.41) is 0.